The van der Waals surface area contributed by atoms with Gasteiger partial charge in [-0.05, 0) is 25.0 Å². The molecule has 1 aliphatic rings. The molecule has 1 aromatic carbocycles. The standard InChI is InChI=1S/C21H26N6O2S2/c1-29-17-10-6-5-9-16(17)24-18(28)11-19-23-15(12-30-19)13-31-21-26-25-20(27(21)22)14-7-3-2-4-8-14/h5-6,9-10,12,14H,2-4,7-8,11,13,22H2,1H3,(H,24,28). The predicted octanol–water partition coefficient (Wildman–Crippen LogP) is 3.98. The van der Waals surface area contributed by atoms with Gasteiger partial charge in [-0.2, -0.15) is 0 Å². The summed E-state index contributed by atoms with van der Waals surface area (Å²) in [6, 6.07) is 7.33. The fourth-order valence-electron chi connectivity index (χ4n) is 3.74. The van der Waals surface area contributed by atoms with E-state index in [9.17, 15) is 4.79 Å². The maximum absolute atomic E-state index is 12.4. The highest BCUT2D eigenvalue weighted by Crippen LogP contribution is 2.32. The van der Waals surface area contributed by atoms with E-state index in [-0.39, 0.29) is 12.3 Å². The zero-order valence-electron chi connectivity index (χ0n) is 17.4. The Kier molecular flexibility index (Phi) is 7.08. The SMILES string of the molecule is COc1ccccc1NC(=O)Cc1nc(CSc2nnc(C3CCCCC3)n2N)cs1. The number of methoxy groups -OCH3 is 1. The minimum atomic E-state index is -0.128. The van der Waals surface area contributed by atoms with Gasteiger partial charge >= 0.3 is 0 Å². The predicted molar refractivity (Wildman–Crippen MR) is 123 cm³/mol. The molecule has 1 aliphatic carbocycles. The fourth-order valence-corrected chi connectivity index (χ4v) is 5.39. The van der Waals surface area contributed by atoms with Crippen LogP contribution in [0, 0.1) is 0 Å². The topological polar surface area (TPSA) is 108 Å². The van der Waals surface area contributed by atoms with Gasteiger partial charge in [0.2, 0.25) is 11.1 Å². The average molecular weight is 459 g/mol. The van der Waals surface area contributed by atoms with Crippen LogP contribution in [-0.4, -0.2) is 32.9 Å². The number of benzene rings is 1. The molecule has 0 unspecified atom stereocenters. The summed E-state index contributed by atoms with van der Waals surface area (Å²) in [5.74, 6) is 8.68. The van der Waals surface area contributed by atoms with Gasteiger partial charge in [0.1, 0.15) is 10.8 Å². The molecule has 31 heavy (non-hydrogen) atoms. The van der Waals surface area contributed by atoms with Crippen molar-refractivity contribution in [2.75, 3.05) is 18.3 Å². The smallest absolute Gasteiger partial charge is 0.231 e. The number of amides is 1. The molecule has 3 aromatic rings. The molecule has 0 aliphatic heterocycles. The van der Waals surface area contributed by atoms with Crippen LogP contribution in [0.5, 0.6) is 5.75 Å². The average Bonchev–Trinajstić information content (AvgIpc) is 3.39. The Hall–Kier alpha value is -2.59. The number of aromatic nitrogens is 4. The van der Waals surface area contributed by atoms with Crippen LogP contribution in [0.3, 0.4) is 0 Å². The molecule has 1 amide bonds. The minimum absolute atomic E-state index is 0.128. The van der Waals surface area contributed by atoms with Crippen molar-refractivity contribution in [3.05, 3.63) is 46.2 Å². The van der Waals surface area contributed by atoms with Crippen molar-refractivity contribution in [1.82, 2.24) is 19.9 Å². The van der Waals surface area contributed by atoms with E-state index in [1.165, 1.54) is 42.4 Å². The first-order valence-corrected chi connectivity index (χ1v) is 12.2. The number of anilines is 1. The first-order valence-electron chi connectivity index (χ1n) is 10.3. The number of carbonyl (C=O) groups excluding carboxylic acids is 1. The Bertz CT molecular complexity index is 1030. The zero-order chi connectivity index (χ0) is 21.6. The van der Waals surface area contributed by atoms with Gasteiger partial charge in [-0.15, -0.1) is 21.5 Å². The van der Waals surface area contributed by atoms with Crippen molar-refractivity contribution < 1.29 is 9.53 Å². The second-order valence-corrected chi connectivity index (χ2v) is 9.38. The second kappa shape index (κ2) is 10.1. The van der Waals surface area contributed by atoms with Crippen LogP contribution in [0.4, 0.5) is 5.69 Å². The normalized spacial score (nSPS) is 14.5. The van der Waals surface area contributed by atoms with E-state index in [1.807, 2.05) is 29.6 Å². The van der Waals surface area contributed by atoms with E-state index in [1.54, 1.807) is 11.8 Å². The fraction of sp³-hybridized carbons (Fsp3) is 0.429. The molecule has 0 spiro atoms. The number of hydrogen-bond acceptors (Lipinski definition) is 8. The maximum Gasteiger partial charge on any atom is 0.231 e. The van der Waals surface area contributed by atoms with E-state index < -0.39 is 0 Å². The van der Waals surface area contributed by atoms with Crippen molar-refractivity contribution in [2.24, 2.45) is 0 Å². The van der Waals surface area contributed by atoms with Crippen LogP contribution in [0.1, 0.15) is 54.5 Å². The lowest BCUT2D eigenvalue weighted by Gasteiger charge is -2.20. The molecule has 0 atom stereocenters. The first-order chi connectivity index (χ1) is 15.1. The lowest BCUT2D eigenvalue weighted by atomic mass is 9.89. The van der Waals surface area contributed by atoms with E-state index in [0.717, 1.165) is 29.4 Å². The summed E-state index contributed by atoms with van der Waals surface area (Å²) in [5, 5.41) is 14.9. The quantitative estimate of drug-likeness (QED) is 0.388. The van der Waals surface area contributed by atoms with Gasteiger partial charge in [0, 0.05) is 17.1 Å². The number of nitrogens with two attached hydrogens (primary N) is 1. The third kappa shape index (κ3) is 5.37. The number of nitrogens with zero attached hydrogens (tertiary/aromatic N) is 4. The van der Waals surface area contributed by atoms with Crippen LogP contribution in [0.25, 0.3) is 0 Å². The van der Waals surface area contributed by atoms with Crippen LogP contribution in [-0.2, 0) is 17.0 Å². The van der Waals surface area contributed by atoms with E-state index in [4.69, 9.17) is 10.6 Å². The highest BCUT2D eigenvalue weighted by atomic mass is 32.2. The van der Waals surface area contributed by atoms with Gasteiger partial charge in [-0.3, -0.25) is 4.79 Å². The molecule has 10 heteroatoms. The second-order valence-electron chi connectivity index (χ2n) is 7.49. The number of para-hydroxylation sites is 2. The highest BCUT2D eigenvalue weighted by Gasteiger charge is 2.22. The number of thioether (sulfide) groups is 1. The number of nitrogen functional groups attached to an aromatic ring is 1. The minimum Gasteiger partial charge on any atom is -0.495 e. The molecule has 8 nitrogen and oxygen atoms in total. The molecular weight excluding hydrogens is 432 g/mol. The molecule has 2 heterocycles. The molecule has 0 saturated heterocycles. The molecule has 4 rings (SSSR count). The molecule has 0 bridgehead atoms. The van der Waals surface area contributed by atoms with Crippen molar-refractivity contribution in [2.45, 2.75) is 55.4 Å². The van der Waals surface area contributed by atoms with Gasteiger partial charge in [0.15, 0.2) is 5.82 Å². The third-order valence-electron chi connectivity index (χ3n) is 5.30. The van der Waals surface area contributed by atoms with E-state index >= 15 is 0 Å². The number of rotatable bonds is 8. The number of ether oxygens (including phenoxy) is 1. The monoisotopic (exact) mass is 458 g/mol. The van der Waals surface area contributed by atoms with Gasteiger partial charge in [0.25, 0.3) is 0 Å². The summed E-state index contributed by atoms with van der Waals surface area (Å²) in [6.45, 7) is 0. The van der Waals surface area contributed by atoms with Crippen molar-refractivity contribution in [1.29, 1.82) is 0 Å². The largest absolute Gasteiger partial charge is 0.495 e. The van der Waals surface area contributed by atoms with Gasteiger partial charge < -0.3 is 15.9 Å². The summed E-state index contributed by atoms with van der Waals surface area (Å²) < 4.78 is 6.90. The van der Waals surface area contributed by atoms with Crippen LogP contribution < -0.4 is 15.9 Å². The number of thiazole rings is 1. The van der Waals surface area contributed by atoms with Crippen LogP contribution in [0.2, 0.25) is 0 Å². The zero-order valence-corrected chi connectivity index (χ0v) is 19.0. The first kappa shape index (κ1) is 21.6. The summed E-state index contributed by atoms with van der Waals surface area (Å²) >= 11 is 2.99. The summed E-state index contributed by atoms with van der Waals surface area (Å²) in [6.07, 6.45) is 6.23. The van der Waals surface area contributed by atoms with Gasteiger partial charge in [0.05, 0.1) is 24.9 Å². The molecule has 1 fully saturated rings. The van der Waals surface area contributed by atoms with Crippen LogP contribution in [0.15, 0.2) is 34.8 Å². The molecule has 164 valence electrons. The van der Waals surface area contributed by atoms with E-state index in [0.29, 0.717) is 28.3 Å². The third-order valence-corrected chi connectivity index (χ3v) is 7.18. The number of nitrogens with one attached hydrogen (secondary N) is 1. The Morgan fingerprint density at radius 3 is 2.90 bits per heavy atom. The van der Waals surface area contributed by atoms with Gasteiger partial charge in [-0.1, -0.05) is 43.2 Å². The Balaban J connectivity index is 1.31. The Labute approximate surface area is 189 Å². The molecule has 2 aromatic heterocycles. The van der Waals surface area contributed by atoms with Crippen molar-refractivity contribution in [3.8, 4) is 5.75 Å². The molecule has 3 N–H and O–H groups in total. The Morgan fingerprint density at radius 2 is 2.10 bits per heavy atom. The van der Waals surface area contributed by atoms with Crippen molar-refractivity contribution >= 4 is 34.7 Å². The lowest BCUT2D eigenvalue weighted by Crippen LogP contribution is -2.18. The molecular formula is C21H26N6O2S2. The molecule has 0 radical (unpaired) electrons. The van der Waals surface area contributed by atoms with E-state index in [2.05, 4.69) is 20.5 Å². The Morgan fingerprint density at radius 1 is 1.29 bits per heavy atom. The summed E-state index contributed by atoms with van der Waals surface area (Å²) in [5.41, 5.74) is 1.55. The number of hydrogen-bond donors (Lipinski definition) is 2. The maximum atomic E-state index is 12.4. The highest BCUT2D eigenvalue weighted by molar-refractivity contribution is 7.98. The van der Waals surface area contributed by atoms with Crippen molar-refractivity contribution in [3.63, 3.8) is 0 Å². The lowest BCUT2D eigenvalue weighted by molar-refractivity contribution is -0.115. The molecule has 1 saturated carbocycles. The van der Waals surface area contributed by atoms with Crippen LogP contribution >= 0.6 is 23.1 Å². The van der Waals surface area contributed by atoms with Gasteiger partial charge in [-0.25, -0.2) is 9.66 Å². The summed E-state index contributed by atoms with van der Waals surface area (Å²) in [4.78, 5) is 17.0. The summed E-state index contributed by atoms with van der Waals surface area (Å²) in [7, 11) is 1.58. The number of carbonyl (C=O) groups is 1.